The Morgan fingerprint density at radius 1 is 1.48 bits per heavy atom. The molecule has 0 aromatic rings. The van der Waals surface area contributed by atoms with Crippen molar-refractivity contribution in [2.24, 2.45) is 5.73 Å². The van der Waals surface area contributed by atoms with E-state index in [0.29, 0.717) is 24.4 Å². The lowest BCUT2D eigenvalue weighted by Gasteiger charge is -2.29. The summed E-state index contributed by atoms with van der Waals surface area (Å²) in [6.07, 6.45) is 1.38. The molecule has 13 heteroatoms. The Balaban J connectivity index is 1.55. The minimum absolute atomic E-state index is 0.122. The van der Waals surface area contributed by atoms with Crippen molar-refractivity contribution in [3.05, 3.63) is 0 Å². The highest BCUT2D eigenvalue weighted by Crippen LogP contribution is 2.30. The van der Waals surface area contributed by atoms with Crippen molar-refractivity contribution in [3.63, 3.8) is 0 Å². The maximum Gasteiger partial charge on any atom is 0.418 e. The van der Waals surface area contributed by atoms with E-state index >= 15 is 0 Å². The highest BCUT2D eigenvalue weighted by molar-refractivity contribution is 7.80. The molecule has 3 amide bonds. The van der Waals surface area contributed by atoms with Crippen LogP contribution in [-0.4, -0.2) is 78.7 Å². The van der Waals surface area contributed by atoms with Crippen LogP contribution in [0, 0.1) is 0 Å². The number of rotatable bonds is 6. The van der Waals surface area contributed by atoms with Gasteiger partial charge in [-0.05, 0) is 25.8 Å². The van der Waals surface area contributed by atoms with Gasteiger partial charge in [0.05, 0.1) is 18.2 Å². The molecule has 142 valence electrons. The van der Waals surface area contributed by atoms with Crippen LogP contribution < -0.4 is 16.5 Å². The molecule has 3 saturated heterocycles. The average Bonchev–Trinajstić information content (AvgIpc) is 3.05. The molecule has 3 heterocycles. The van der Waals surface area contributed by atoms with Gasteiger partial charge in [-0.1, -0.05) is 0 Å². The molecule has 3 aliphatic rings. The van der Waals surface area contributed by atoms with Gasteiger partial charge in [0.1, 0.15) is 6.04 Å². The fraction of sp³-hybridized carbons (Fsp3) is 0.833. The van der Waals surface area contributed by atoms with Crippen molar-refractivity contribution >= 4 is 22.3 Å². The van der Waals surface area contributed by atoms with Gasteiger partial charge in [0, 0.05) is 13.1 Å². The Bertz CT molecular complexity index is 650. The molecule has 0 aromatic carbocycles. The van der Waals surface area contributed by atoms with Crippen molar-refractivity contribution in [2.75, 3.05) is 26.2 Å². The summed E-state index contributed by atoms with van der Waals surface area (Å²) in [5.41, 5.74) is 7.83. The van der Waals surface area contributed by atoms with E-state index in [-0.39, 0.29) is 13.2 Å². The normalized spacial score (nSPS) is 32.3. The molecule has 2 bridgehead atoms. The first-order valence-corrected chi connectivity index (χ1v) is 9.23. The zero-order valence-corrected chi connectivity index (χ0v) is 14.2. The standard InChI is InChI=1S/C12H21N5O7S/c13-12(3-4-14-6-12)7-23-15-10(18)9-2-1-8-5-16(9)11(19)17(8)24-25(20,21)22/h8-9,14H,1-7,13H2,(H,15,18)(H,20,21,22)/t8-,9+,12?/m1/s1. The van der Waals surface area contributed by atoms with Gasteiger partial charge in [-0.15, -0.1) is 4.28 Å². The van der Waals surface area contributed by atoms with Crippen molar-refractivity contribution in [1.82, 2.24) is 20.8 Å². The molecule has 0 aromatic heterocycles. The number of amides is 3. The van der Waals surface area contributed by atoms with Gasteiger partial charge in [0.2, 0.25) is 0 Å². The Labute approximate surface area is 144 Å². The molecule has 0 radical (unpaired) electrons. The van der Waals surface area contributed by atoms with E-state index in [1.807, 2.05) is 0 Å². The fourth-order valence-corrected chi connectivity index (χ4v) is 3.70. The number of fused-ring (bicyclic) bond motifs is 2. The summed E-state index contributed by atoms with van der Waals surface area (Å²) in [6.45, 7) is 1.62. The van der Waals surface area contributed by atoms with Gasteiger partial charge in [0.15, 0.2) is 0 Å². The number of hydrogen-bond donors (Lipinski definition) is 4. The second-order valence-electron chi connectivity index (χ2n) is 6.55. The first-order chi connectivity index (χ1) is 11.7. The molecule has 0 spiro atoms. The Hall–Kier alpha value is -1.51. The van der Waals surface area contributed by atoms with Crippen LogP contribution in [0.4, 0.5) is 4.79 Å². The molecule has 0 saturated carbocycles. The number of nitrogens with one attached hydrogen (secondary N) is 2. The lowest BCUT2D eigenvalue weighted by Crippen LogP contribution is -2.52. The molecule has 0 aliphatic carbocycles. The largest absolute Gasteiger partial charge is 0.418 e. The maximum atomic E-state index is 12.3. The lowest BCUT2D eigenvalue weighted by atomic mass is 10.0. The molecule has 25 heavy (non-hydrogen) atoms. The first kappa shape index (κ1) is 18.3. The number of nitrogens with zero attached hydrogens (tertiary/aromatic N) is 2. The molecule has 3 rings (SSSR count). The number of piperidine rings is 1. The van der Waals surface area contributed by atoms with Gasteiger partial charge >= 0.3 is 16.4 Å². The lowest BCUT2D eigenvalue weighted by molar-refractivity contribution is -0.140. The molecule has 12 nitrogen and oxygen atoms in total. The summed E-state index contributed by atoms with van der Waals surface area (Å²) in [4.78, 5) is 30.9. The van der Waals surface area contributed by atoms with Crippen LogP contribution >= 0.6 is 0 Å². The van der Waals surface area contributed by atoms with Crippen molar-refractivity contribution in [2.45, 2.75) is 36.9 Å². The van der Waals surface area contributed by atoms with Crippen LogP contribution in [-0.2, 0) is 24.3 Å². The monoisotopic (exact) mass is 379 g/mol. The summed E-state index contributed by atoms with van der Waals surface area (Å²) in [5.74, 6) is -0.518. The number of carbonyl (C=O) groups excluding carboxylic acids is 2. The third kappa shape index (κ3) is 4.02. The minimum atomic E-state index is -4.81. The summed E-state index contributed by atoms with van der Waals surface area (Å²) >= 11 is 0. The molecular weight excluding hydrogens is 358 g/mol. The second-order valence-corrected chi connectivity index (χ2v) is 7.56. The second kappa shape index (κ2) is 6.66. The molecule has 3 aliphatic heterocycles. The topological polar surface area (TPSA) is 164 Å². The van der Waals surface area contributed by atoms with E-state index in [1.54, 1.807) is 0 Å². The van der Waals surface area contributed by atoms with E-state index in [9.17, 15) is 18.0 Å². The molecule has 3 fully saturated rings. The smallest absolute Gasteiger partial charge is 0.322 e. The van der Waals surface area contributed by atoms with Crippen molar-refractivity contribution in [3.8, 4) is 0 Å². The third-order valence-electron chi connectivity index (χ3n) is 4.61. The predicted octanol–water partition coefficient (Wildman–Crippen LogP) is -2.27. The van der Waals surface area contributed by atoms with Crippen LogP contribution in [0.2, 0.25) is 0 Å². The zero-order chi connectivity index (χ0) is 18.2. The predicted molar refractivity (Wildman–Crippen MR) is 81.9 cm³/mol. The van der Waals surface area contributed by atoms with Gasteiger partial charge < -0.3 is 16.0 Å². The average molecular weight is 379 g/mol. The van der Waals surface area contributed by atoms with Crippen molar-refractivity contribution in [1.29, 1.82) is 0 Å². The Morgan fingerprint density at radius 3 is 2.88 bits per heavy atom. The highest BCUT2D eigenvalue weighted by atomic mass is 32.3. The van der Waals surface area contributed by atoms with E-state index in [4.69, 9.17) is 15.1 Å². The molecule has 3 atom stereocenters. The highest BCUT2D eigenvalue weighted by Gasteiger charge is 2.49. The van der Waals surface area contributed by atoms with E-state index in [0.717, 1.165) is 13.0 Å². The third-order valence-corrected chi connectivity index (χ3v) is 4.96. The molecular formula is C12H21N5O7S. The summed E-state index contributed by atoms with van der Waals surface area (Å²) < 4.78 is 34.7. The van der Waals surface area contributed by atoms with Gasteiger partial charge in [-0.3, -0.25) is 14.2 Å². The van der Waals surface area contributed by atoms with Crippen LogP contribution in [0.5, 0.6) is 0 Å². The molecule has 1 unspecified atom stereocenters. The minimum Gasteiger partial charge on any atom is -0.322 e. The van der Waals surface area contributed by atoms with E-state index in [1.165, 1.54) is 4.90 Å². The summed E-state index contributed by atoms with van der Waals surface area (Å²) in [6, 6.07) is -2.15. The number of hydrogen-bond acceptors (Lipinski definition) is 8. The van der Waals surface area contributed by atoms with Crippen LogP contribution in [0.15, 0.2) is 0 Å². The zero-order valence-electron chi connectivity index (χ0n) is 13.4. The Kier molecular flexibility index (Phi) is 4.87. The number of hydroxylamine groups is 3. The maximum absolute atomic E-state index is 12.3. The number of nitrogens with two attached hydrogens (primary N) is 1. The van der Waals surface area contributed by atoms with E-state index < -0.39 is 40.0 Å². The summed E-state index contributed by atoms with van der Waals surface area (Å²) in [7, 11) is -4.81. The van der Waals surface area contributed by atoms with Crippen molar-refractivity contribution < 1.29 is 31.7 Å². The van der Waals surface area contributed by atoms with Gasteiger partial charge in [-0.25, -0.2) is 10.3 Å². The molecule has 5 N–H and O–H groups in total. The number of carbonyl (C=O) groups is 2. The summed E-state index contributed by atoms with van der Waals surface area (Å²) in [5, 5.41) is 3.69. The quantitative estimate of drug-likeness (QED) is 0.294. The van der Waals surface area contributed by atoms with E-state index in [2.05, 4.69) is 15.1 Å². The van der Waals surface area contributed by atoms with Crippen LogP contribution in [0.25, 0.3) is 0 Å². The SMILES string of the molecule is NC1(CONC(=O)[C@@H]2CC[C@@H]3CN2C(=O)N3OS(=O)(=O)O)CCNC1. The first-order valence-electron chi connectivity index (χ1n) is 7.87. The van der Waals surface area contributed by atoms with Crippen LogP contribution in [0.1, 0.15) is 19.3 Å². The van der Waals surface area contributed by atoms with Gasteiger partial charge in [0.25, 0.3) is 5.91 Å². The Morgan fingerprint density at radius 2 is 2.24 bits per heavy atom. The van der Waals surface area contributed by atoms with Gasteiger partial charge in [-0.2, -0.15) is 13.5 Å². The van der Waals surface area contributed by atoms with Crippen LogP contribution in [0.3, 0.4) is 0 Å². The number of urea groups is 1. The fourth-order valence-electron chi connectivity index (χ4n) is 3.31.